The fourth-order valence-corrected chi connectivity index (χ4v) is 1.68. The number of amides is 2. The molecule has 0 radical (unpaired) electrons. The first-order valence-corrected chi connectivity index (χ1v) is 7.08. The molecule has 0 heterocycles. The van der Waals surface area contributed by atoms with Gasteiger partial charge in [0, 0.05) is 24.9 Å². The van der Waals surface area contributed by atoms with Crippen LogP contribution in [0, 0.1) is 11.2 Å². The van der Waals surface area contributed by atoms with Crippen LogP contribution in [0.25, 0.3) is 0 Å². The summed E-state index contributed by atoms with van der Waals surface area (Å²) in [7, 11) is 0. The second-order valence-corrected chi connectivity index (χ2v) is 5.99. The smallest absolute Gasteiger partial charge is 0.225 e. The molecule has 1 aromatic carbocycles. The van der Waals surface area contributed by atoms with E-state index in [0.717, 1.165) is 5.56 Å². The van der Waals surface area contributed by atoms with Gasteiger partial charge < -0.3 is 10.6 Å². The molecule has 0 unspecified atom stereocenters. The van der Waals surface area contributed by atoms with Crippen LogP contribution in [0.4, 0.5) is 4.39 Å². The quantitative estimate of drug-likeness (QED) is 0.843. The average Bonchev–Trinajstić information content (AvgIpc) is 2.37. The highest BCUT2D eigenvalue weighted by atomic mass is 19.1. The lowest BCUT2D eigenvalue weighted by atomic mass is 9.96. The molecule has 0 atom stereocenters. The topological polar surface area (TPSA) is 58.2 Å². The van der Waals surface area contributed by atoms with Gasteiger partial charge in [-0.2, -0.15) is 0 Å². The van der Waals surface area contributed by atoms with Crippen LogP contribution in [-0.2, 0) is 16.0 Å². The van der Waals surface area contributed by atoms with Crippen molar-refractivity contribution in [2.24, 2.45) is 5.41 Å². The first kappa shape index (κ1) is 17.1. The Morgan fingerprint density at radius 1 is 1.14 bits per heavy atom. The predicted octanol–water partition coefficient (Wildman–Crippen LogP) is 2.04. The molecule has 4 nitrogen and oxygen atoms in total. The summed E-state index contributed by atoms with van der Waals surface area (Å²) in [6.45, 7) is 6.24. The van der Waals surface area contributed by atoms with Crippen LogP contribution in [0.15, 0.2) is 24.3 Å². The number of halogens is 1. The summed E-state index contributed by atoms with van der Waals surface area (Å²) in [5.74, 6) is -0.473. The molecule has 0 aliphatic heterocycles. The van der Waals surface area contributed by atoms with Crippen molar-refractivity contribution in [2.75, 3.05) is 13.1 Å². The average molecular weight is 294 g/mol. The van der Waals surface area contributed by atoms with Crippen molar-refractivity contribution in [1.82, 2.24) is 10.6 Å². The Balaban J connectivity index is 2.19. The molecule has 0 bridgehead atoms. The number of hydrogen-bond acceptors (Lipinski definition) is 2. The molecule has 0 aromatic heterocycles. The van der Waals surface area contributed by atoms with Crippen molar-refractivity contribution in [1.29, 1.82) is 0 Å². The fraction of sp³-hybridized carbons (Fsp3) is 0.500. The summed E-state index contributed by atoms with van der Waals surface area (Å²) in [5, 5.41) is 5.47. The third kappa shape index (κ3) is 6.88. The number of hydrogen-bond donors (Lipinski definition) is 2. The van der Waals surface area contributed by atoms with E-state index in [0.29, 0.717) is 19.5 Å². The lowest BCUT2D eigenvalue weighted by Crippen LogP contribution is -2.37. The van der Waals surface area contributed by atoms with E-state index in [-0.39, 0.29) is 24.1 Å². The summed E-state index contributed by atoms with van der Waals surface area (Å²) >= 11 is 0. The number of carbonyl (C=O) groups excluding carboxylic acids is 2. The molecule has 2 N–H and O–H groups in total. The maximum atomic E-state index is 13.0. The van der Waals surface area contributed by atoms with Gasteiger partial charge >= 0.3 is 0 Å². The zero-order chi connectivity index (χ0) is 15.9. The third-order valence-corrected chi connectivity index (χ3v) is 2.94. The molecule has 0 saturated carbocycles. The van der Waals surface area contributed by atoms with Crippen molar-refractivity contribution >= 4 is 11.8 Å². The van der Waals surface area contributed by atoms with Gasteiger partial charge in [0.05, 0.1) is 0 Å². The second kappa shape index (κ2) is 7.76. The number of carbonyl (C=O) groups is 2. The van der Waals surface area contributed by atoms with Crippen LogP contribution in [0.1, 0.15) is 32.8 Å². The van der Waals surface area contributed by atoms with E-state index in [9.17, 15) is 14.0 Å². The lowest BCUT2D eigenvalue weighted by molar-refractivity contribution is -0.128. The molecule has 1 rings (SSSR count). The summed E-state index contributed by atoms with van der Waals surface area (Å²) in [6.07, 6.45) is 0.822. The summed E-state index contributed by atoms with van der Waals surface area (Å²) < 4.78 is 13.0. The highest BCUT2D eigenvalue weighted by Crippen LogP contribution is 2.12. The Hall–Kier alpha value is -1.91. The first-order valence-electron chi connectivity index (χ1n) is 7.08. The molecule has 0 aliphatic rings. The monoisotopic (exact) mass is 294 g/mol. The van der Waals surface area contributed by atoms with E-state index in [1.165, 1.54) is 12.1 Å². The van der Waals surface area contributed by atoms with E-state index >= 15 is 0 Å². The molecule has 1 aromatic rings. The van der Waals surface area contributed by atoms with Crippen LogP contribution in [0.2, 0.25) is 0 Å². The second-order valence-electron chi connectivity index (χ2n) is 5.99. The Morgan fingerprint density at radius 3 is 2.48 bits per heavy atom. The molecule has 5 heteroatoms. The van der Waals surface area contributed by atoms with E-state index in [2.05, 4.69) is 10.6 Å². The zero-order valence-electron chi connectivity index (χ0n) is 12.8. The van der Waals surface area contributed by atoms with Gasteiger partial charge in [0.15, 0.2) is 0 Å². The Kier molecular flexibility index (Phi) is 6.34. The number of benzene rings is 1. The highest BCUT2D eigenvalue weighted by Gasteiger charge is 2.20. The Labute approximate surface area is 125 Å². The largest absolute Gasteiger partial charge is 0.356 e. The minimum absolute atomic E-state index is 0.0740. The number of rotatable bonds is 6. The van der Waals surface area contributed by atoms with Gasteiger partial charge in [-0.1, -0.05) is 32.9 Å². The van der Waals surface area contributed by atoms with Crippen LogP contribution in [0.5, 0.6) is 0 Å². The van der Waals surface area contributed by atoms with E-state index in [1.807, 2.05) is 26.8 Å². The first-order chi connectivity index (χ1) is 9.79. The molecule has 0 fully saturated rings. The maximum Gasteiger partial charge on any atom is 0.225 e. The van der Waals surface area contributed by atoms with Crippen molar-refractivity contribution < 1.29 is 14.0 Å². The van der Waals surface area contributed by atoms with Crippen molar-refractivity contribution in [3.05, 3.63) is 35.6 Å². The molecule has 0 spiro atoms. The molecule has 0 saturated heterocycles. The fourth-order valence-electron chi connectivity index (χ4n) is 1.68. The SMILES string of the molecule is CC(C)(C)C(=O)NCCC(=O)NCCc1cccc(F)c1. The normalized spacial score (nSPS) is 11.0. The standard InChI is InChI=1S/C16H23FN2O2/c1-16(2,3)15(21)19-10-8-14(20)18-9-7-12-5-4-6-13(17)11-12/h4-6,11H,7-10H2,1-3H3,(H,18,20)(H,19,21). The van der Waals surface area contributed by atoms with E-state index < -0.39 is 5.41 Å². The van der Waals surface area contributed by atoms with Gasteiger partial charge in [0.25, 0.3) is 0 Å². The zero-order valence-corrected chi connectivity index (χ0v) is 12.8. The van der Waals surface area contributed by atoms with Crippen molar-refractivity contribution in [2.45, 2.75) is 33.6 Å². The Bertz CT molecular complexity index is 495. The minimum Gasteiger partial charge on any atom is -0.356 e. The van der Waals surface area contributed by atoms with Gasteiger partial charge in [0.1, 0.15) is 5.82 Å². The van der Waals surface area contributed by atoms with Crippen LogP contribution >= 0.6 is 0 Å². The van der Waals surface area contributed by atoms with Crippen LogP contribution in [-0.4, -0.2) is 24.9 Å². The lowest BCUT2D eigenvalue weighted by Gasteiger charge is -2.17. The summed E-state index contributed by atoms with van der Waals surface area (Å²) in [6, 6.07) is 6.31. The van der Waals surface area contributed by atoms with Crippen molar-refractivity contribution in [3.8, 4) is 0 Å². The van der Waals surface area contributed by atoms with E-state index in [1.54, 1.807) is 6.07 Å². The molecular formula is C16H23FN2O2. The summed E-state index contributed by atoms with van der Waals surface area (Å²) in [5.41, 5.74) is 0.393. The van der Waals surface area contributed by atoms with E-state index in [4.69, 9.17) is 0 Å². The van der Waals surface area contributed by atoms with Crippen LogP contribution in [0.3, 0.4) is 0 Å². The molecule has 2 amide bonds. The van der Waals surface area contributed by atoms with Crippen LogP contribution < -0.4 is 10.6 Å². The predicted molar refractivity (Wildman–Crippen MR) is 80.2 cm³/mol. The van der Waals surface area contributed by atoms with Crippen molar-refractivity contribution in [3.63, 3.8) is 0 Å². The molecule has 116 valence electrons. The van der Waals surface area contributed by atoms with Gasteiger partial charge in [-0.25, -0.2) is 4.39 Å². The van der Waals surface area contributed by atoms with Gasteiger partial charge in [-0.3, -0.25) is 9.59 Å². The van der Waals surface area contributed by atoms with Gasteiger partial charge in [-0.05, 0) is 24.1 Å². The highest BCUT2D eigenvalue weighted by molar-refractivity contribution is 5.82. The molecule has 0 aliphatic carbocycles. The maximum absolute atomic E-state index is 13.0. The third-order valence-electron chi connectivity index (χ3n) is 2.94. The number of nitrogens with one attached hydrogen (secondary N) is 2. The van der Waals surface area contributed by atoms with Gasteiger partial charge in [-0.15, -0.1) is 0 Å². The Morgan fingerprint density at radius 2 is 1.86 bits per heavy atom. The molecule has 21 heavy (non-hydrogen) atoms. The van der Waals surface area contributed by atoms with Gasteiger partial charge in [0.2, 0.25) is 11.8 Å². The molecular weight excluding hydrogens is 271 g/mol. The minimum atomic E-state index is -0.451. The summed E-state index contributed by atoms with van der Waals surface area (Å²) in [4.78, 5) is 23.2.